The highest BCUT2D eigenvalue weighted by Crippen LogP contribution is 2.12. The van der Waals surface area contributed by atoms with E-state index in [1.165, 1.54) is 57.8 Å². The summed E-state index contributed by atoms with van der Waals surface area (Å²) >= 11 is 0. The number of carbonyl (C=O) groups is 2. The van der Waals surface area contributed by atoms with Gasteiger partial charge in [-0.3, -0.25) is 14.4 Å². The summed E-state index contributed by atoms with van der Waals surface area (Å²) in [5.41, 5.74) is 2.43. The van der Waals surface area contributed by atoms with E-state index in [0.717, 1.165) is 12.8 Å². The van der Waals surface area contributed by atoms with Crippen LogP contribution in [0, 0.1) is 0 Å². The minimum Gasteiger partial charge on any atom is -0.481 e. The Bertz CT molecular complexity index is 394. The van der Waals surface area contributed by atoms with Gasteiger partial charge in [-0.2, -0.15) is 0 Å². The molecule has 0 rings (SSSR count). The number of nitrogens with zero attached hydrogens (tertiary/aromatic N) is 1. The van der Waals surface area contributed by atoms with E-state index >= 15 is 0 Å². The lowest BCUT2D eigenvalue weighted by Crippen LogP contribution is -2.45. The molecule has 0 heterocycles. The van der Waals surface area contributed by atoms with E-state index in [1.807, 2.05) is 21.1 Å². The van der Waals surface area contributed by atoms with E-state index in [1.54, 1.807) is 0 Å². The van der Waals surface area contributed by atoms with Gasteiger partial charge >= 0.3 is 5.97 Å². The third-order valence-electron chi connectivity index (χ3n) is 4.50. The molecule has 6 heteroatoms. The van der Waals surface area contributed by atoms with Crippen molar-refractivity contribution in [2.75, 3.05) is 27.7 Å². The maximum atomic E-state index is 11.9. The first-order valence-electron chi connectivity index (χ1n) is 10.7. The Morgan fingerprint density at radius 2 is 1.37 bits per heavy atom. The van der Waals surface area contributed by atoms with Gasteiger partial charge < -0.3 is 9.59 Å². The molecule has 0 aromatic carbocycles. The molecule has 0 aliphatic rings. The molecule has 160 valence electrons. The van der Waals surface area contributed by atoms with Crippen LogP contribution in [0.1, 0.15) is 90.4 Å². The van der Waals surface area contributed by atoms with E-state index in [9.17, 15) is 9.59 Å². The van der Waals surface area contributed by atoms with Crippen LogP contribution in [0.3, 0.4) is 0 Å². The van der Waals surface area contributed by atoms with E-state index in [-0.39, 0.29) is 12.3 Å². The predicted molar refractivity (Wildman–Crippen MR) is 109 cm³/mol. The summed E-state index contributed by atoms with van der Waals surface area (Å²) in [5.74, 6) is -1.09. The zero-order chi connectivity index (χ0) is 20.5. The Hall–Kier alpha value is -1.14. The van der Waals surface area contributed by atoms with Crippen molar-refractivity contribution >= 4 is 11.9 Å². The van der Waals surface area contributed by atoms with Gasteiger partial charge in [-0.1, -0.05) is 71.1 Å². The van der Waals surface area contributed by atoms with Crippen LogP contribution in [-0.2, 0) is 14.4 Å². The van der Waals surface area contributed by atoms with E-state index < -0.39 is 12.1 Å². The maximum absolute atomic E-state index is 11.9. The highest BCUT2D eigenvalue weighted by molar-refractivity contribution is 5.74. The Kier molecular flexibility index (Phi) is 15.2. The van der Waals surface area contributed by atoms with Gasteiger partial charge in [0, 0.05) is 6.42 Å². The van der Waals surface area contributed by atoms with Crippen molar-refractivity contribution in [2.24, 2.45) is 0 Å². The number of likely N-dealkylation sites (N-methyl/N-ethyl adjacent to an activating group) is 1. The van der Waals surface area contributed by atoms with Gasteiger partial charge in [0.1, 0.15) is 12.6 Å². The second kappa shape index (κ2) is 15.9. The average molecular weight is 388 g/mol. The fraction of sp³-hybridized carbons (Fsp3) is 0.905. The van der Waals surface area contributed by atoms with Gasteiger partial charge in [-0.05, 0) is 6.42 Å². The van der Waals surface area contributed by atoms with Crippen molar-refractivity contribution in [3.8, 4) is 0 Å². The number of hydrogen-bond acceptors (Lipinski definition) is 3. The van der Waals surface area contributed by atoms with Crippen LogP contribution < -0.4 is 5.48 Å². The molecular weight excluding hydrogens is 344 g/mol. The second-order valence-corrected chi connectivity index (χ2v) is 8.62. The normalized spacial score (nSPS) is 12.7. The Morgan fingerprint density at radius 1 is 0.889 bits per heavy atom. The van der Waals surface area contributed by atoms with Crippen LogP contribution in [0.15, 0.2) is 0 Å². The predicted octanol–water partition coefficient (Wildman–Crippen LogP) is 4.28. The lowest BCUT2D eigenvalue weighted by Gasteiger charge is -2.28. The van der Waals surface area contributed by atoms with Gasteiger partial charge in [0.2, 0.25) is 5.91 Å². The van der Waals surface area contributed by atoms with Gasteiger partial charge in [0.15, 0.2) is 0 Å². The first-order chi connectivity index (χ1) is 12.7. The monoisotopic (exact) mass is 387 g/mol. The van der Waals surface area contributed by atoms with Crippen molar-refractivity contribution in [1.29, 1.82) is 0 Å². The molecule has 0 aromatic heterocycles. The quantitative estimate of drug-likeness (QED) is 0.209. The summed E-state index contributed by atoms with van der Waals surface area (Å²) in [6.45, 7) is 2.76. The molecule has 1 unspecified atom stereocenters. The molecule has 0 fully saturated rings. The van der Waals surface area contributed by atoms with Crippen molar-refractivity contribution in [1.82, 2.24) is 5.48 Å². The minimum absolute atomic E-state index is 0.117. The zero-order valence-electron chi connectivity index (χ0n) is 18.1. The number of quaternary nitrogens is 1. The molecule has 0 bridgehead atoms. The lowest BCUT2D eigenvalue weighted by molar-refractivity contribution is -0.873. The number of carboxylic acids is 1. The van der Waals surface area contributed by atoms with Crippen molar-refractivity contribution in [3.63, 3.8) is 0 Å². The van der Waals surface area contributed by atoms with Crippen LogP contribution in [0.2, 0.25) is 0 Å². The first-order valence-corrected chi connectivity index (χ1v) is 10.7. The minimum atomic E-state index is -0.923. The molecule has 1 atom stereocenters. The summed E-state index contributed by atoms with van der Waals surface area (Å²) in [6.07, 6.45) is 13.5. The molecule has 0 radical (unpaired) electrons. The first kappa shape index (κ1) is 25.9. The van der Waals surface area contributed by atoms with Gasteiger partial charge in [-0.15, -0.1) is 0 Å². The van der Waals surface area contributed by atoms with Crippen molar-refractivity contribution < 1.29 is 24.0 Å². The number of hydroxylamine groups is 1. The number of carbonyl (C=O) groups excluding carboxylic acids is 1. The number of hydrogen-bond donors (Lipinski definition) is 2. The Labute approximate surface area is 166 Å². The van der Waals surface area contributed by atoms with Crippen LogP contribution in [0.4, 0.5) is 0 Å². The number of aliphatic carboxylic acids is 1. The molecule has 0 aliphatic carbocycles. The molecule has 0 saturated heterocycles. The van der Waals surface area contributed by atoms with Crippen LogP contribution in [0.5, 0.6) is 0 Å². The topological polar surface area (TPSA) is 75.6 Å². The molecule has 6 nitrogen and oxygen atoms in total. The molecule has 1 amide bonds. The molecule has 0 aromatic rings. The summed E-state index contributed by atoms with van der Waals surface area (Å²) in [6, 6.07) is 0. The average Bonchev–Trinajstić information content (AvgIpc) is 2.55. The van der Waals surface area contributed by atoms with Crippen molar-refractivity contribution in [2.45, 2.75) is 96.5 Å². The molecular formula is C21H43N2O4+. The number of carboxylic acid groups (broad SMARTS) is 1. The summed E-state index contributed by atoms with van der Waals surface area (Å²) in [4.78, 5) is 28.1. The largest absolute Gasteiger partial charge is 0.481 e. The fourth-order valence-corrected chi connectivity index (χ4v) is 3.10. The van der Waals surface area contributed by atoms with Gasteiger partial charge in [0.25, 0.3) is 0 Å². The highest BCUT2D eigenvalue weighted by Gasteiger charge is 2.23. The SMILES string of the molecule is CCCCCCCCCCCCCC(=O)NOC(CC(=O)O)C[N+](C)(C)C. The number of amides is 1. The Balaban J connectivity index is 3.67. The summed E-state index contributed by atoms with van der Waals surface area (Å²) < 4.78 is 0.576. The lowest BCUT2D eigenvalue weighted by atomic mass is 10.1. The second-order valence-electron chi connectivity index (χ2n) is 8.62. The number of rotatable bonds is 18. The summed E-state index contributed by atoms with van der Waals surface area (Å²) in [5, 5.41) is 8.96. The number of unbranched alkanes of at least 4 members (excludes halogenated alkanes) is 10. The van der Waals surface area contributed by atoms with Crippen LogP contribution >= 0.6 is 0 Å². The smallest absolute Gasteiger partial charge is 0.306 e. The van der Waals surface area contributed by atoms with E-state index in [2.05, 4.69) is 12.4 Å². The highest BCUT2D eigenvalue weighted by atomic mass is 16.7. The van der Waals surface area contributed by atoms with Gasteiger partial charge in [0.05, 0.1) is 27.6 Å². The van der Waals surface area contributed by atoms with Crippen LogP contribution in [-0.4, -0.2) is 55.3 Å². The van der Waals surface area contributed by atoms with Crippen LogP contribution in [0.25, 0.3) is 0 Å². The third-order valence-corrected chi connectivity index (χ3v) is 4.50. The fourth-order valence-electron chi connectivity index (χ4n) is 3.10. The Morgan fingerprint density at radius 3 is 1.81 bits per heavy atom. The summed E-state index contributed by atoms with van der Waals surface area (Å²) in [7, 11) is 5.89. The molecule has 0 aliphatic heterocycles. The van der Waals surface area contributed by atoms with Crippen molar-refractivity contribution in [3.05, 3.63) is 0 Å². The molecule has 27 heavy (non-hydrogen) atoms. The van der Waals surface area contributed by atoms with E-state index in [0.29, 0.717) is 17.4 Å². The molecule has 0 spiro atoms. The molecule has 0 saturated carbocycles. The standard InChI is InChI=1S/C21H42N2O4/c1-5-6-7-8-9-10-11-12-13-14-15-16-20(24)22-27-19(17-21(25)26)18-23(2,3)4/h19H,5-18H2,1-4H3,(H-,22,24,25,26)/p+1. The zero-order valence-corrected chi connectivity index (χ0v) is 18.1. The van der Waals surface area contributed by atoms with Gasteiger partial charge in [-0.25, -0.2) is 5.48 Å². The van der Waals surface area contributed by atoms with E-state index in [4.69, 9.17) is 9.94 Å². The molecule has 2 N–H and O–H groups in total. The maximum Gasteiger partial charge on any atom is 0.306 e. The third kappa shape index (κ3) is 19.4. The number of nitrogens with one attached hydrogen (secondary N) is 1.